The lowest BCUT2D eigenvalue weighted by atomic mass is 10.0. The molecule has 0 spiro atoms. The highest BCUT2D eigenvalue weighted by atomic mass is 32.1. The van der Waals surface area contributed by atoms with Crippen molar-refractivity contribution in [3.8, 4) is 0 Å². The van der Waals surface area contributed by atoms with Gasteiger partial charge in [0.1, 0.15) is 0 Å². The van der Waals surface area contributed by atoms with Crippen LogP contribution in [0.4, 0.5) is 0 Å². The molecule has 0 bridgehead atoms. The average Bonchev–Trinajstić information content (AvgIpc) is 2.74. The third kappa shape index (κ3) is 4.86. The number of aryl methyl sites for hydroxylation is 1. The van der Waals surface area contributed by atoms with E-state index in [1.165, 1.54) is 0 Å². The molecule has 0 saturated carbocycles. The van der Waals surface area contributed by atoms with Crippen LogP contribution in [0.25, 0.3) is 0 Å². The first-order valence-corrected chi connectivity index (χ1v) is 8.17. The maximum absolute atomic E-state index is 10.2. The Morgan fingerprint density at radius 2 is 1.79 bits per heavy atom. The van der Waals surface area contributed by atoms with Gasteiger partial charge in [-0.2, -0.15) is 0 Å². The maximum Gasteiger partial charge on any atom is 0.0950 e. The summed E-state index contributed by atoms with van der Waals surface area (Å²) < 4.78 is 0. The molecule has 1 heterocycles. The van der Waals surface area contributed by atoms with Gasteiger partial charge in [0.05, 0.1) is 21.2 Å². The third-order valence-electron chi connectivity index (χ3n) is 3.32. The number of aromatic nitrogens is 1. The second kappa shape index (κ2) is 7.36. The molecule has 0 aliphatic rings. The fraction of sp³-hybridized carbons (Fsp3) is 0.800. The van der Waals surface area contributed by atoms with Crippen molar-refractivity contribution in [3.63, 3.8) is 0 Å². The molecule has 1 rings (SSSR count). The zero-order valence-electron chi connectivity index (χ0n) is 13.0. The number of thiazole rings is 1. The Morgan fingerprint density at radius 3 is 2.26 bits per heavy atom. The van der Waals surface area contributed by atoms with E-state index in [0.29, 0.717) is 0 Å². The summed E-state index contributed by atoms with van der Waals surface area (Å²) >= 11 is 1.68. The van der Waals surface area contributed by atoms with E-state index in [4.69, 9.17) is 4.98 Å². The Morgan fingerprint density at radius 1 is 1.16 bits per heavy atom. The van der Waals surface area contributed by atoms with E-state index in [1.54, 1.807) is 11.3 Å². The van der Waals surface area contributed by atoms with Crippen LogP contribution in [-0.2, 0) is 18.4 Å². The number of rotatable bonds is 8. The monoisotopic (exact) mass is 284 g/mol. The van der Waals surface area contributed by atoms with Crippen LogP contribution in [-0.4, -0.2) is 34.6 Å². The van der Waals surface area contributed by atoms with E-state index >= 15 is 0 Å². The molecule has 0 aromatic carbocycles. The summed E-state index contributed by atoms with van der Waals surface area (Å²) in [6, 6.07) is 0. The largest absolute Gasteiger partial charge is 0.385 e. The Labute approximate surface area is 121 Å². The van der Waals surface area contributed by atoms with Crippen LogP contribution in [0.1, 0.15) is 56.6 Å². The minimum atomic E-state index is -0.768. The number of hydrogen-bond donors (Lipinski definition) is 1. The summed E-state index contributed by atoms with van der Waals surface area (Å²) in [5.41, 5.74) is 0.324. The first-order chi connectivity index (χ1) is 8.92. The van der Waals surface area contributed by atoms with Gasteiger partial charge in [-0.05, 0) is 33.4 Å². The second-order valence-corrected chi connectivity index (χ2v) is 6.55. The fourth-order valence-electron chi connectivity index (χ4n) is 2.19. The molecule has 4 heteroatoms. The predicted octanol–water partition coefficient (Wildman–Crippen LogP) is 3.21. The molecule has 0 saturated heterocycles. The quantitative estimate of drug-likeness (QED) is 0.796. The van der Waals surface area contributed by atoms with Gasteiger partial charge in [-0.3, -0.25) is 0 Å². The SMILES string of the molecule is CCCc1nc(CCN(CC)CC)sc1C(C)(C)O. The van der Waals surface area contributed by atoms with Crippen LogP contribution in [0.2, 0.25) is 0 Å². The predicted molar refractivity (Wildman–Crippen MR) is 82.8 cm³/mol. The van der Waals surface area contributed by atoms with Crippen LogP contribution in [0, 0.1) is 0 Å². The Kier molecular flexibility index (Phi) is 6.43. The molecule has 110 valence electrons. The number of likely N-dealkylation sites (N-methyl/N-ethyl adjacent to an activating group) is 1. The highest BCUT2D eigenvalue weighted by Gasteiger charge is 2.24. The normalized spacial score (nSPS) is 12.4. The molecule has 0 atom stereocenters. The highest BCUT2D eigenvalue weighted by Crippen LogP contribution is 2.31. The molecule has 1 aromatic heterocycles. The Hall–Kier alpha value is -0.450. The van der Waals surface area contributed by atoms with Crippen molar-refractivity contribution in [2.45, 2.75) is 59.5 Å². The van der Waals surface area contributed by atoms with Crippen molar-refractivity contribution in [3.05, 3.63) is 15.6 Å². The van der Waals surface area contributed by atoms with E-state index in [-0.39, 0.29) is 0 Å². The van der Waals surface area contributed by atoms with Crippen molar-refractivity contribution in [1.29, 1.82) is 0 Å². The molecule has 0 unspecified atom stereocenters. The second-order valence-electron chi connectivity index (χ2n) is 5.47. The fourth-order valence-corrected chi connectivity index (χ4v) is 3.29. The van der Waals surface area contributed by atoms with E-state index in [0.717, 1.165) is 54.5 Å². The van der Waals surface area contributed by atoms with Gasteiger partial charge in [-0.25, -0.2) is 4.98 Å². The lowest BCUT2D eigenvalue weighted by Crippen LogP contribution is -2.25. The number of aliphatic hydroxyl groups is 1. The summed E-state index contributed by atoms with van der Waals surface area (Å²) in [6.07, 6.45) is 3.02. The highest BCUT2D eigenvalue weighted by molar-refractivity contribution is 7.11. The van der Waals surface area contributed by atoms with Gasteiger partial charge in [0.2, 0.25) is 0 Å². The smallest absolute Gasteiger partial charge is 0.0950 e. The van der Waals surface area contributed by atoms with Crippen LogP contribution in [0.3, 0.4) is 0 Å². The first kappa shape index (κ1) is 16.6. The molecule has 1 aromatic rings. The first-order valence-electron chi connectivity index (χ1n) is 7.36. The number of nitrogens with zero attached hydrogens (tertiary/aromatic N) is 2. The van der Waals surface area contributed by atoms with Crippen molar-refractivity contribution in [1.82, 2.24) is 9.88 Å². The van der Waals surface area contributed by atoms with Crippen molar-refractivity contribution >= 4 is 11.3 Å². The Bertz CT molecular complexity index is 378. The molecule has 0 radical (unpaired) electrons. The van der Waals surface area contributed by atoms with E-state index in [2.05, 4.69) is 25.7 Å². The van der Waals surface area contributed by atoms with Crippen molar-refractivity contribution in [2.75, 3.05) is 19.6 Å². The van der Waals surface area contributed by atoms with Gasteiger partial charge in [0.25, 0.3) is 0 Å². The lowest BCUT2D eigenvalue weighted by Gasteiger charge is -2.17. The van der Waals surface area contributed by atoms with Crippen LogP contribution in [0.15, 0.2) is 0 Å². The number of hydrogen-bond acceptors (Lipinski definition) is 4. The summed E-state index contributed by atoms with van der Waals surface area (Å²) in [5, 5.41) is 11.4. The molecule has 3 nitrogen and oxygen atoms in total. The minimum Gasteiger partial charge on any atom is -0.385 e. The van der Waals surface area contributed by atoms with E-state index < -0.39 is 5.60 Å². The van der Waals surface area contributed by atoms with Crippen molar-refractivity contribution in [2.24, 2.45) is 0 Å². The molecule has 0 fully saturated rings. The zero-order chi connectivity index (χ0) is 14.5. The molecule has 0 amide bonds. The summed E-state index contributed by atoms with van der Waals surface area (Å²) in [5.74, 6) is 0. The van der Waals surface area contributed by atoms with Gasteiger partial charge in [-0.1, -0.05) is 27.2 Å². The lowest BCUT2D eigenvalue weighted by molar-refractivity contribution is 0.0813. The van der Waals surface area contributed by atoms with Crippen LogP contribution < -0.4 is 0 Å². The van der Waals surface area contributed by atoms with Gasteiger partial charge in [-0.15, -0.1) is 11.3 Å². The summed E-state index contributed by atoms with van der Waals surface area (Å²) in [6.45, 7) is 13.5. The van der Waals surface area contributed by atoms with Crippen molar-refractivity contribution < 1.29 is 5.11 Å². The molecule has 1 N–H and O–H groups in total. The maximum atomic E-state index is 10.2. The summed E-state index contributed by atoms with van der Waals surface area (Å²) in [7, 11) is 0. The third-order valence-corrected chi connectivity index (χ3v) is 4.79. The standard InChI is InChI=1S/C15H28N2OS/c1-6-9-12-14(15(4,5)18)19-13(16-12)10-11-17(7-2)8-3/h18H,6-11H2,1-5H3. The molecular weight excluding hydrogens is 256 g/mol. The van der Waals surface area contributed by atoms with Gasteiger partial charge >= 0.3 is 0 Å². The average molecular weight is 284 g/mol. The van der Waals surface area contributed by atoms with Crippen LogP contribution >= 0.6 is 11.3 Å². The van der Waals surface area contributed by atoms with Gasteiger partial charge in [0, 0.05) is 13.0 Å². The molecule has 0 aliphatic heterocycles. The molecular formula is C15H28N2OS. The topological polar surface area (TPSA) is 36.4 Å². The molecule has 0 aliphatic carbocycles. The Balaban J connectivity index is 2.80. The van der Waals surface area contributed by atoms with Gasteiger partial charge < -0.3 is 10.0 Å². The van der Waals surface area contributed by atoms with E-state index in [9.17, 15) is 5.11 Å². The molecule has 19 heavy (non-hydrogen) atoms. The van der Waals surface area contributed by atoms with Gasteiger partial charge in [0.15, 0.2) is 0 Å². The van der Waals surface area contributed by atoms with Crippen LogP contribution in [0.5, 0.6) is 0 Å². The minimum absolute atomic E-state index is 0.768. The summed E-state index contributed by atoms with van der Waals surface area (Å²) in [4.78, 5) is 8.19. The zero-order valence-corrected chi connectivity index (χ0v) is 13.8. The van der Waals surface area contributed by atoms with E-state index in [1.807, 2.05) is 13.8 Å².